The van der Waals surface area contributed by atoms with Crippen LogP contribution in [0.15, 0.2) is 41.1 Å². The van der Waals surface area contributed by atoms with E-state index in [4.69, 9.17) is 9.84 Å². The molecule has 0 bridgehead atoms. The van der Waals surface area contributed by atoms with Gasteiger partial charge in [0.05, 0.1) is 11.7 Å². The van der Waals surface area contributed by atoms with Crippen molar-refractivity contribution in [2.24, 2.45) is 0 Å². The molecule has 1 atom stereocenters. The molecule has 0 amide bonds. The van der Waals surface area contributed by atoms with Gasteiger partial charge < -0.3 is 20.3 Å². The number of hydrogen-bond acceptors (Lipinski definition) is 5. The molecular formula is C15H17NO4S. The van der Waals surface area contributed by atoms with Gasteiger partial charge in [0.2, 0.25) is 0 Å². The maximum Gasteiger partial charge on any atom is 0.335 e. The normalized spacial score (nSPS) is 12.0. The van der Waals surface area contributed by atoms with E-state index in [0.29, 0.717) is 25.4 Å². The summed E-state index contributed by atoms with van der Waals surface area (Å²) < 4.78 is 5.48. The summed E-state index contributed by atoms with van der Waals surface area (Å²) >= 11 is 1.56. The summed E-state index contributed by atoms with van der Waals surface area (Å²) in [5, 5.41) is 25.6. The molecule has 1 aromatic heterocycles. The van der Waals surface area contributed by atoms with Crippen molar-refractivity contribution in [2.75, 3.05) is 19.7 Å². The SMILES string of the molecule is O=C(O)c1ccc(OCCNCC(O)c2ccsc2)cc1. The Kier molecular flexibility index (Phi) is 5.74. The molecule has 0 aliphatic carbocycles. The van der Waals surface area contributed by atoms with E-state index in [1.165, 1.54) is 12.1 Å². The van der Waals surface area contributed by atoms with Crippen LogP contribution in [0.4, 0.5) is 0 Å². The number of ether oxygens (including phenoxy) is 1. The highest BCUT2D eigenvalue weighted by atomic mass is 32.1. The van der Waals surface area contributed by atoms with Gasteiger partial charge in [-0.3, -0.25) is 0 Å². The van der Waals surface area contributed by atoms with Gasteiger partial charge in [-0.15, -0.1) is 0 Å². The van der Waals surface area contributed by atoms with E-state index in [9.17, 15) is 9.90 Å². The first kappa shape index (κ1) is 15.5. The van der Waals surface area contributed by atoms with Crippen molar-refractivity contribution in [1.82, 2.24) is 5.32 Å². The number of hydrogen-bond donors (Lipinski definition) is 3. The lowest BCUT2D eigenvalue weighted by Crippen LogP contribution is -2.26. The fourth-order valence-corrected chi connectivity index (χ4v) is 2.46. The van der Waals surface area contributed by atoms with Crippen LogP contribution >= 0.6 is 11.3 Å². The van der Waals surface area contributed by atoms with Crippen LogP contribution in [0.3, 0.4) is 0 Å². The lowest BCUT2D eigenvalue weighted by molar-refractivity contribution is 0.0697. The molecule has 21 heavy (non-hydrogen) atoms. The molecule has 0 saturated heterocycles. The number of aromatic carboxylic acids is 1. The van der Waals surface area contributed by atoms with E-state index in [2.05, 4.69) is 5.32 Å². The van der Waals surface area contributed by atoms with Gasteiger partial charge in [0, 0.05) is 13.1 Å². The van der Waals surface area contributed by atoms with E-state index in [-0.39, 0.29) is 5.56 Å². The number of benzene rings is 1. The highest BCUT2D eigenvalue weighted by Gasteiger charge is 2.06. The van der Waals surface area contributed by atoms with Crippen LogP contribution in [0.1, 0.15) is 22.0 Å². The van der Waals surface area contributed by atoms with Gasteiger partial charge in [0.25, 0.3) is 0 Å². The van der Waals surface area contributed by atoms with E-state index in [1.54, 1.807) is 23.5 Å². The van der Waals surface area contributed by atoms with Crippen LogP contribution in [-0.2, 0) is 0 Å². The highest BCUT2D eigenvalue weighted by Crippen LogP contribution is 2.15. The maximum absolute atomic E-state index is 10.7. The predicted molar refractivity (Wildman–Crippen MR) is 81.0 cm³/mol. The Balaban J connectivity index is 1.64. The number of carboxylic acids is 1. The van der Waals surface area contributed by atoms with Crippen LogP contribution in [0.5, 0.6) is 5.75 Å². The van der Waals surface area contributed by atoms with Crippen molar-refractivity contribution in [1.29, 1.82) is 0 Å². The van der Waals surface area contributed by atoms with Gasteiger partial charge in [0.1, 0.15) is 12.4 Å². The van der Waals surface area contributed by atoms with Gasteiger partial charge in [-0.25, -0.2) is 4.79 Å². The fourth-order valence-electron chi connectivity index (χ4n) is 1.76. The number of carbonyl (C=O) groups is 1. The second kappa shape index (κ2) is 7.78. The summed E-state index contributed by atoms with van der Waals surface area (Å²) in [5.41, 5.74) is 1.15. The predicted octanol–water partition coefficient (Wildman–Crippen LogP) is 2.15. The number of nitrogens with one attached hydrogen (secondary N) is 1. The van der Waals surface area contributed by atoms with Gasteiger partial charge in [-0.1, -0.05) is 0 Å². The zero-order valence-corrected chi connectivity index (χ0v) is 12.2. The van der Waals surface area contributed by atoms with Crippen molar-refractivity contribution in [3.63, 3.8) is 0 Å². The van der Waals surface area contributed by atoms with E-state index >= 15 is 0 Å². The molecule has 0 aliphatic heterocycles. The van der Waals surface area contributed by atoms with Crippen molar-refractivity contribution in [3.05, 3.63) is 52.2 Å². The highest BCUT2D eigenvalue weighted by molar-refractivity contribution is 7.07. The Hall–Kier alpha value is -1.89. The molecule has 6 heteroatoms. The summed E-state index contributed by atoms with van der Waals surface area (Å²) in [6.07, 6.45) is -0.508. The Morgan fingerprint density at radius 2 is 2.05 bits per heavy atom. The van der Waals surface area contributed by atoms with Gasteiger partial charge in [-0.05, 0) is 46.7 Å². The first-order chi connectivity index (χ1) is 10.2. The third kappa shape index (κ3) is 4.86. The maximum atomic E-state index is 10.7. The number of aliphatic hydroxyl groups is 1. The second-order valence-electron chi connectivity index (χ2n) is 4.45. The smallest absolute Gasteiger partial charge is 0.335 e. The standard InChI is InChI=1S/C15H17NO4S/c17-14(12-5-8-21-10-12)9-16-6-7-20-13-3-1-11(2-4-13)15(18)19/h1-5,8,10,14,16-17H,6-7,9H2,(H,18,19). The first-order valence-corrected chi connectivity index (χ1v) is 7.48. The number of thiophene rings is 1. The molecule has 112 valence electrons. The molecule has 5 nitrogen and oxygen atoms in total. The van der Waals surface area contributed by atoms with Gasteiger partial charge in [-0.2, -0.15) is 11.3 Å². The molecule has 1 unspecified atom stereocenters. The van der Waals surface area contributed by atoms with Crippen molar-refractivity contribution < 1.29 is 19.7 Å². The summed E-state index contributed by atoms with van der Waals surface area (Å²) in [7, 11) is 0. The molecule has 0 saturated carbocycles. The molecule has 0 fully saturated rings. The third-order valence-electron chi connectivity index (χ3n) is 2.91. The van der Waals surface area contributed by atoms with Crippen LogP contribution in [0.25, 0.3) is 0 Å². The summed E-state index contributed by atoms with van der Waals surface area (Å²) in [6, 6.07) is 8.17. The Labute approximate surface area is 126 Å². The number of aliphatic hydroxyl groups excluding tert-OH is 1. The molecule has 0 aliphatic rings. The molecule has 2 aromatic rings. The second-order valence-corrected chi connectivity index (χ2v) is 5.23. The van der Waals surface area contributed by atoms with Crippen molar-refractivity contribution in [2.45, 2.75) is 6.10 Å². The van der Waals surface area contributed by atoms with Crippen LogP contribution in [0.2, 0.25) is 0 Å². The molecule has 1 heterocycles. The fraction of sp³-hybridized carbons (Fsp3) is 0.267. The third-order valence-corrected chi connectivity index (χ3v) is 3.62. The monoisotopic (exact) mass is 307 g/mol. The van der Waals surface area contributed by atoms with Crippen LogP contribution < -0.4 is 10.1 Å². The average Bonchev–Trinajstić information content (AvgIpc) is 3.01. The number of rotatable bonds is 8. The lowest BCUT2D eigenvalue weighted by atomic mass is 10.2. The number of carboxylic acid groups (broad SMARTS) is 1. The van der Waals surface area contributed by atoms with E-state index in [0.717, 1.165) is 5.56 Å². The van der Waals surface area contributed by atoms with E-state index in [1.807, 2.05) is 16.8 Å². The summed E-state index contributed by atoms with van der Waals surface area (Å²) in [6.45, 7) is 1.52. The quantitative estimate of drug-likeness (QED) is 0.651. The minimum Gasteiger partial charge on any atom is -0.492 e. The topological polar surface area (TPSA) is 78.8 Å². The summed E-state index contributed by atoms with van der Waals surface area (Å²) in [5.74, 6) is -0.328. The summed E-state index contributed by atoms with van der Waals surface area (Å²) in [4.78, 5) is 10.7. The van der Waals surface area contributed by atoms with Crippen molar-refractivity contribution in [3.8, 4) is 5.75 Å². The Morgan fingerprint density at radius 3 is 2.67 bits per heavy atom. The average molecular weight is 307 g/mol. The van der Waals surface area contributed by atoms with Gasteiger partial charge >= 0.3 is 5.97 Å². The van der Waals surface area contributed by atoms with Crippen molar-refractivity contribution >= 4 is 17.3 Å². The zero-order valence-electron chi connectivity index (χ0n) is 11.4. The molecule has 0 radical (unpaired) electrons. The lowest BCUT2D eigenvalue weighted by Gasteiger charge is -2.11. The van der Waals surface area contributed by atoms with Crippen LogP contribution in [-0.4, -0.2) is 35.9 Å². The first-order valence-electron chi connectivity index (χ1n) is 6.54. The van der Waals surface area contributed by atoms with Crippen LogP contribution in [0, 0.1) is 0 Å². The molecular weight excluding hydrogens is 290 g/mol. The van der Waals surface area contributed by atoms with Gasteiger partial charge in [0.15, 0.2) is 0 Å². The zero-order chi connectivity index (χ0) is 15.1. The minimum atomic E-state index is -0.953. The Morgan fingerprint density at radius 1 is 1.29 bits per heavy atom. The van der Waals surface area contributed by atoms with E-state index < -0.39 is 12.1 Å². The minimum absolute atomic E-state index is 0.236. The largest absolute Gasteiger partial charge is 0.492 e. The molecule has 0 spiro atoms. The molecule has 2 rings (SSSR count). The molecule has 1 aromatic carbocycles. The Bertz CT molecular complexity index is 554. The molecule has 3 N–H and O–H groups in total.